The smallest absolute Gasteiger partial charge is 0.227 e. The molecule has 9 heteroatoms. The fourth-order valence-electron chi connectivity index (χ4n) is 3.15. The van der Waals surface area contributed by atoms with Crippen LogP contribution in [0.25, 0.3) is 0 Å². The molecule has 1 aliphatic heterocycles. The van der Waals surface area contributed by atoms with Gasteiger partial charge in [0.15, 0.2) is 0 Å². The van der Waals surface area contributed by atoms with Crippen molar-refractivity contribution >= 4 is 56.4 Å². The standard InChI is InChI=1S/C19H19Cl3N2O3S/c20-14-3-1-4-15(11-14)23-19(25)13-7-9-24(10-8-13)28(26,27)12-16-17(21)5-2-6-18(16)22/h1-6,11,13H,7-10,12H2,(H,23,25). The number of carbonyl (C=O) groups is 1. The van der Waals surface area contributed by atoms with E-state index in [-0.39, 0.29) is 30.7 Å². The van der Waals surface area contributed by atoms with E-state index >= 15 is 0 Å². The Labute approximate surface area is 179 Å². The molecule has 1 aliphatic rings. The molecular formula is C19H19Cl3N2O3S. The summed E-state index contributed by atoms with van der Waals surface area (Å²) in [6, 6.07) is 11.8. The maximum Gasteiger partial charge on any atom is 0.227 e. The van der Waals surface area contributed by atoms with Gasteiger partial charge < -0.3 is 5.32 Å². The zero-order valence-corrected chi connectivity index (χ0v) is 18.0. The SMILES string of the molecule is O=C(Nc1cccc(Cl)c1)C1CCN(S(=O)(=O)Cc2c(Cl)cccc2Cl)CC1. The average Bonchev–Trinajstić information content (AvgIpc) is 2.65. The van der Waals surface area contributed by atoms with Crippen molar-refractivity contribution in [2.24, 2.45) is 5.92 Å². The largest absolute Gasteiger partial charge is 0.326 e. The van der Waals surface area contributed by atoms with Gasteiger partial charge in [-0.1, -0.05) is 46.9 Å². The van der Waals surface area contributed by atoms with E-state index in [1.54, 1.807) is 42.5 Å². The second-order valence-electron chi connectivity index (χ2n) is 6.63. The molecule has 0 unspecified atom stereocenters. The van der Waals surface area contributed by atoms with Gasteiger partial charge >= 0.3 is 0 Å². The van der Waals surface area contributed by atoms with E-state index in [0.29, 0.717) is 39.2 Å². The molecule has 0 spiro atoms. The Hall–Kier alpha value is -1.31. The van der Waals surface area contributed by atoms with Gasteiger partial charge in [-0.2, -0.15) is 0 Å². The molecule has 1 fully saturated rings. The molecule has 1 amide bonds. The van der Waals surface area contributed by atoms with Crippen molar-refractivity contribution in [2.75, 3.05) is 18.4 Å². The molecule has 2 aromatic carbocycles. The van der Waals surface area contributed by atoms with Gasteiger partial charge in [-0.15, -0.1) is 0 Å². The monoisotopic (exact) mass is 460 g/mol. The number of piperidine rings is 1. The number of rotatable bonds is 5. The second kappa shape index (κ2) is 9.01. The highest BCUT2D eigenvalue weighted by molar-refractivity contribution is 7.88. The van der Waals surface area contributed by atoms with Crippen LogP contribution in [0.3, 0.4) is 0 Å². The second-order valence-corrected chi connectivity index (χ2v) is 9.85. The summed E-state index contributed by atoms with van der Waals surface area (Å²) in [5, 5.41) is 4.02. The fourth-order valence-corrected chi connectivity index (χ4v) is 5.66. The molecule has 0 radical (unpaired) electrons. The van der Waals surface area contributed by atoms with Crippen LogP contribution in [0.5, 0.6) is 0 Å². The van der Waals surface area contributed by atoms with Crippen molar-refractivity contribution in [3.63, 3.8) is 0 Å². The van der Waals surface area contributed by atoms with E-state index in [0.717, 1.165) is 0 Å². The number of sulfonamides is 1. The fraction of sp³-hybridized carbons (Fsp3) is 0.316. The Morgan fingerprint density at radius 2 is 1.64 bits per heavy atom. The number of hydrogen-bond acceptors (Lipinski definition) is 3. The Balaban J connectivity index is 1.60. The highest BCUT2D eigenvalue weighted by Crippen LogP contribution is 2.29. The van der Waals surface area contributed by atoms with Gasteiger partial charge in [0.05, 0.1) is 5.75 Å². The quantitative estimate of drug-likeness (QED) is 0.693. The van der Waals surface area contributed by atoms with Gasteiger partial charge in [0.25, 0.3) is 0 Å². The first-order valence-electron chi connectivity index (χ1n) is 8.73. The van der Waals surface area contributed by atoms with Crippen LogP contribution in [0.2, 0.25) is 15.1 Å². The summed E-state index contributed by atoms with van der Waals surface area (Å²) in [4.78, 5) is 12.5. The van der Waals surface area contributed by atoms with Gasteiger partial charge in [0.2, 0.25) is 15.9 Å². The summed E-state index contributed by atoms with van der Waals surface area (Å²) < 4.78 is 26.9. The molecule has 0 atom stereocenters. The number of hydrogen-bond donors (Lipinski definition) is 1. The molecule has 28 heavy (non-hydrogen) atoms. The van der Waals surface area contributed by atoms with Crippen molar-refractivity contribution in [3.05, 3.63) is 63.1 Å². The maximum absolute atomic E-state index is 12.8. The van der Waals surface area contributed by atoms with E-state index in [4.69, 9.17) is 34.8 Å². The third-order valence-electron chi connectivity index (χ3n) is 4.70. The number of amides is 1. The Kier molecular flexibility index (Phi) is 6.89. The van der Waals surface area contributed by atoms with Gasteiger partial charge in [-0.25, -0.2) is 12.7 Å². The predicted octanol–water partition coefficient (Wildman–Crippen LogP) is 4.83. The van der Waals surface area contributed by atoms with E-state index < -0.39 is 10.0 Å². The van der Waals surface area contributed by atoms with Crippen LogP contribution in [0.1, 0.15) is 18.4 Å². The summed E-state index contributed by atoms with van der Waals surface area (Å²) in [7, 11) is -3.58. The van der Waals surface area contributed by atoms with E-state index in [1.807, 2.05) is 0 Å². The third kappa shape index (κ3) is 5.19. The zero-order valence-electron chi connectivity index (χ0n) is 14.9. The average molecular weight is 462 g/mol. The summed E-state index contributed by atoms with van der Waals surface area (Å²) >= 11 is 18.1. The van der Waals surface area contributed by atoms with Gasteiger partial charge in [-0.05, 0) is 43.2 Å². The van der Waals surface area contributed by atoms with Crippen molar-refractivity contribution in [1.82, 2.24) is 4.31 Å². The normalized spacial score (nSPS) is 16.1. The van der Waals surface area contributed by atoms with Crippen LogP contribution in [0, 0.1) is 5.92 Å². The highest BCUT2D eigenvalue weighted by atomic mass is 35.5. The molecule has 150 valence electrons. The molecule has 0 aromatic heterocycles. The van der Waals surface area contributed by atoms with Gasteiger partial charge in [0, 0.05) is 45.3 Å². The topological polar surface area (TPSA) is 66.5 Å². The van der Waals surface area contributed by atoms with Gasteiger partial charge in [-0.3, -0.25) is 4.79 Å². The number of carbonyl (C=O) groups excluding carboxylic acids is 1. The number of anilines is 1. The van der Waals surface area contributed by atoms with Crippen LogP contribution >= 0.6 is 34.8 Å². The molecular weight excluding hydrogens is 443 g/mol. The number of halogens is 3. The number of nitrogens with zero attached hydrogens (tertiary/aromatic N) is 1. The summed E-state index contributed by atoms with van der Waals surface area (Å²) in [5.74, 6) is -0.645. The lowest BCUT2D eigenvalue weighted by atomic mass is 9.97. The Morgan fingerprint density at radius 1 is 1.04 bits per heavy atom. The van der Waals surface area contributed by atoms with Crippen LogP contribution in [0.15, 0.2) is 42.5 Å². The highest BCUT2D eigenvalue weighted by Gasteiger charge is 2.32. The Bertz CT molecular complexity index is 954. The maximum atomic E-state index is 12.8. The lowest BCUT2D eigenvalue weighted by molar-refractivity contribution is -0.120. The Morgan fingerprint density at radius 3 is 2.25 bits per heavy atom. The van der Waals surface area contributed by atoms with Crippen LogP contribution < -0.4 is 5.32 Å². The molecule has 5 nitrogen and oxygen atoms in total. The molecule has 1 N–H and O–H groups in total. The minimum absolute atomic E-state index is 0.131. The summed E-state index contributed by atoms with van der Waals surface area (Å²) in [6.07, 6.45) is 0.893. The summed E-state index contributed by atoms with van der Waals surface area (Å²) in [5.41, 5.74) is 1.02. The molecule has 1 heterocycles. The number of benzene rings is 2. The van der Waals surface area contributed by atoms with Crippen LogP contribution in [-0.4, -0.2) is 31.7 Å². The van der Waals surface area contributed by atoms with E-state index in [1.165, 1.54) is 4.31 Å². The summed E-state index contributed by atoms with van der Waals surface area (Å²) in [6.45, 7) is 0.552. The minimum Gasteiger partial charge on any atom is -0.326 e. The molecule has 0 bridgehead atoms. The van der Waals surface area contributed by atoms with E-state index in [2.05, 4.69) is 5.32 Å². The first-order valence-corrected chi connectivity index (χ1v) is 11.5. The van der Waals surface area contributed by atoms with Crippen molar-refractivity contribution in [2.45, 2.75) is 18.6 Å². The predicted molar refractivity (Wildman–Crippen MR) is 113 cm³/mol. The number of nitrogens with one attached hydrogen (secondary N) is 1. The van der Waals surface area contributed by atoms with Crippen molar-refractivity contribution < 1.29 is 13.2 Å². The van der Waals surface area contributed by atoms with Crippen molar-refractivity contribution in [1.29, 1.82) is 0 Å². The molecule has 0 aliphatic carbocycles. The van der Waals surface area contributed by atoms with E-state index in [9.17, 15) is 13.2 Å². The minimum atomic E-state index is -3.58. The first-order chi connectivity index (χ1) is 13.3. The third-order valence-corrected chi connectivity index (χ3v) is 7.45. The van der Waals surface area contributed by atoms with Crippen LogP contribution in [0.4, 0.5) is 5.69 Å². The first kappa shape index (κ1) is 21.4. The molecule has 2 aromatic rings. The zero-order chi connectivity index (χ0) is 20.3. The molecule has 3 rings (SSSR count). The molecule has 0 saturated carbocycles. The lowest BCUT2D eigenvalue weighted by Crippen LogP contribution is -2.41. The molecule has 1 saturated heterocycles. The van der Waals surface area contributed by atoms with Gasteiger partial charge in [0.1, 0.15) is 0 Å². The van der Waals surface area contributed by atoms with Crippen molar-refractivity contribution in [3.8, 4) is 0 Å². The lowest BCUT2D eigenvalue weighted by Gasteiger charge is -2.30. The van der Waals surface area contributed by atoms with Crippen LogP contribution in [-0.2, 0) is 20.6 Å².